The van der Waals surface area contributed by atoms with Gasteiger partial charge in [-0.25, -0.2) is 0 Å². The van der Waals surface area contributed by atoms with Gasteiger partial charge in [0.15, 0.2) is 0 Å². The normalized spacial score (nSPS) is 16.6. The smallest absolute Gasteiger partial charge is 0.305 e. The minimum atomic E-state index is -1.04. The number of carbonyl (C=O) groups is 3. The molecule has 14 heavy (non-hydrogen) atoms. The van der Waals surface area contributed by atoms with E-state index in [0.717, 1.165) is 17.1 Å². The Balaban J connectivity index is 2.87. The lowest BCUT2D eigenvalue weighted by Gasteiger charge is -2.32. The molecule has 5 heteroatoms. The largest absolute Gasteiger partial charge is 0.481 e. The summed E-state index contributed by atoms with van der Waals surface area (Å²) in [5.41, 5.74) is -0.983. The third-order valence-electron chi connectivity index (χ3n) is 2.00. The Bertz CT molecular complexity index is 312. The van der Waals surface area contributed by atoms with Crippen molar-refractivity contribution < 1.29 is 19.5 Å². The molecule has 1 aliphatic rings. The van der Waals surface area contributed by atoms with Crippen LogP contribution < -0.4 is 0 Å². The zero-order valence-electron chi connectivity index (χ0n) is 7.98. The van der Waals surface area contributed by atoms with Gasteiger partial charge in [-0.2, -0.15) is 0 Å². The second-order valence-electron chi connectivity index (χ2n) is 3.73. The molecule has 0 fully saturated rings. The molecule has 76 valence electrons. The number of carbonyl (C=O) groups excluding carboxylic acids is 2. The van der Waals surface area contributed by atoms with Crippen LogP contribution >= 0.6 is 0 Å². The van der Waals surface area contributed by atoms with Crippen molar-refractivity contribution in [2.24, 2.45) is 0 Å². The fourth-order valence-corrected chi connectivity index (χ4v) is 1.45. The van der Waals surface area contributed by atoms with Gasteiger partial charge in [0.1, 0.15) is 0 Å². The highest BCUT2D eigenvalue weighted by Crippen LogP contribution is 2.22. The molecular formula is C9H11NO4. The maximum absolute atomic E-state index is 11.2. The van der Waals surface area contributed by atoms with E-state index in [9.17, 15) is 14.4 Å². The lowest BCUT2D eigenvalue weighted by atomic mass is 9.98. The SMILES string of the molecule is CC(C)(CC(=O)O)N1C(=O)C=CC1=O. The first-order valence-electron chi connectivity index (χ1n) is 4.12. The van der Waals surface area contributed by atoms with Crippen LogP contribution in [0.5, 0.6) is 0 Å². The minimum absolute atomic E-state index is 0.258. The Kier molecular flexibility index (Phi) is 2.42. The number of aliphatic carboxylic acids is 1. The van der Waals surface area contributed by atoms with Gasteiger partial charge < -0.3 is 5.11 Å². The summed E-state index contributed by atoms with van der Waals surface area (Å²) in [6.45, 7) is 3.09. The number of hydrogen-bond donors (Lipinski definition) is 1. The van der Waals surface area contributed by atoms with E-state index in [1.54, 1.807) is 13.8 Å². The third-order valence-corrected chi connectivity index (χ3v) is 2.00. The Hall–Kier alpha value is -1.65. The summed E-state index contributed by atoms with van der Waals surface area (Å²) in [5, 5.41) is 8.61. The summed E-state index contributed by atoms with van der Waals surface area (Å²) in [6, 6.07) is 0. The average molecular weight is 197 g/mol. The molecule has 2 amide bonds. The van der Waals surface area contributed by atoms with Gasteiger partial charge in [-0.1, -0.05) is 0 Å². The van der Waals surface area contributed by atoms with Crippen molar-refractivity contribution in [2.45, 2.75) is 25.8 Å². The van der Waals surface area contributed by atoms with E-state index in [1.165, 1.54) is 0 Å². The van der Waals surface area contributed by atoms with Crippen molar-refractivity contribution in [3.05, 3.63) is 12.2 Å². The van der Waals surface area contributed by atoms with E-state index in [4.69, 9.17) is 5.11 Å². The average Bonchev–Trinajstić information content (AvgIpc) is 2.27. The quantitative estimate of drug-likeness (QED) is 0.654. The van der Waals surface area contributed by atoms with Crippen molar-refractivity contribution in [3.63, 3.8) is 0 Å². The molecule has 0 atom stereocenters. The molecule has 0 radical (unpaired) electrons. The van der Waals surface area contributed by atoms with Gasteiger partial charge in [-0.05, 0) is 13.8 Å². The Morgan fingerprint density at radius 3 is 2.14 bits per heavy atom. The highest BCUT2D eigenvalue weighted by atomic mass is 16.4. The molecule has 1 heterocycles. The monoisotopic (exact) mass is 197 g/mol. The number of carboxylic acid groups (broad SMARTS) is 1. The molecule has 1 N–H and O–H groups in total. The predicted molar refractivity (Wildman–Crippen MR) is 47.3 cm³/mol. The first-order valence-corrected chi connectivity index (χ1v) is 4.12. The fraction of sp³-hybridized carbons (Fsp3) is 0.444. The van der Waals surface area contributed by atoms with Crippen LogP contribution in [0.15, 0.2) is 12.2 Å². The van der Waals surface area contributed by atoms with E-state index in [1.807, 2.05) is 0 Å². The van der Waals surface area contributed by atoms with E-state index < -0.39 is 23.3 Å². The number of nitrogens with zero attached hydrogens (tertiary/aromatic N) is 1. The fourth-order valence-electron chi connectivity index (χ4n) is 1.45. The number of hydrogen-bond acceptors (Lipinski definition) is 3. The summed E-state index contributed by atoms with van der Waals surface area (Å²) in [6.07, 6.45) is 2.03. The number of carboxylic acids is 1. The lowest BCUT2D eigenvalue weighted by Crippen LogP contribution is -2.48. The van der Waals surface area contributed by atoms with Crippen LogP contribution in [0.2, 0.25) is 0 Å². The van der Waals surface area contributed by atoms with Crippen LogP contribution in [-0.2, 0) is 14.4 Å². The van der Waals surface area contributed by atoms with Crippen LogP contribution in [0.4, 0.5) is 0 Å². The molecule has 0 aromatic heterocycles. The zero-order chi connectivity index (χ0) is 10.9. The highest BCUT2D eigenvalue weighted by Gasteiger charge is 2.38. The van der Waals surface area contributed by atoms with Crippen LogP contribution in [0.1, 0.15) is 20.3 Å². The molecule has 0 saturated carbocycles. The molecule has 0 aromatic carbocycles. The van der Waals surface area contributed by atoms with Crippen molar-refractivity contribution >= 4 is 17.8 Å². The Morgan fingerprint density at radius 1 is 1.36 bits per heavy atom. The molecule has 0 bridgehead atoms. The maximum Gasteiger partial charge on any atom is 0.305 e. The molecule has 0 aliphatic carbocycles. The second-order valence-corrected chi connectivity index (χ2v) is 3.73. The van der Waals surface area contributed by atoms with E-state index in [-0.39, 0.29) is 6.42 Å². The minimum Gasteiger partial charge on any atom is -0.481 e. The van der Waals surface area contributed by atoms with Gasteiger partial charge in [0.25, 0.3) is 11.8 Å². The first-order chi connectivity index (χ1) is 6.34. The van der Waals surface area contributed by atoms with Gasteiger partial charge in [0.2, 0.25) is 0 Å². The lowest BCUT2D eigenvalue weighted by molar-refractivity contribution is -0.147. The standard InChI is InChI=1S/C9H11NO4/c1-9(2,5-8(13)14)10-6(11)3-4-7(10)12/h3-4H,5H2,1-2H3,(H,13,14). The topological polar surface area (TPSA) is 74.7 Å². The van der Waals surface area contributed by atoms with Crippen LogP contribution in [0.25, 0.3) is 0 Å². The van der Waals surface area contributed by atoms with Gasteiger partial charge in [0.05, 0.1) is 12.0 Å². The number of rotatable bonds is 3. The molecule has 0 aromatic rings. The van der Waals surface area contributed by atoms with Gasteiger partial charge in [-0.15, -0.1) is 0 Å². The van der Waals surface area contributed by atoms with Crippen LogP contribution in [-0.4, -0.2) is 33.3 Å². The summed E-state index contributed by atoms with van der Waals surface area (Å²) in [4.78, 5) is 34.0. The van der Waals surface area contributed by atoms with Crippen molar-refractivity contribution in [3.8, 4) is 0 Å². The van der Waals surface area contributed by atoms with Crippen molar-refractivity contribution in [1.82, 2.24) is 4.90 Å². The summed E-state index contributed by atoms with van der Waals surface area (Å²) in [7, 11) is 0. The number of imide groups is 1. The van der Waals surface area contributed by atoms with E-state index in [0.29, 0.717) is 0 Å². The van der Waals surface area contributed by atoms with Gasteiger partial charge in [0, 0.05) is 12.2 Å². The maximum atomic E-state index is 11.2. The second kappa shape index (κ2) is 3.25. The zero-order valence-corrected chi connectivity index (χ0v) is 7.98. The highest BCUT2D eigenvalue weighted by molar-refractivity contribution is 6.13. The predicted octanol–water partition coefficient (Wildman–Crippen LogP) is 0.165. The van der Waals surface area contributed by atoms with E-state index in [2.05, 4.69) is 0 Å². The van der Waals surface area contributed by atoms with Gasteiger partial charge >= 0.3 is 5.97 Å². The molecule has 1 aliphatic heterocycles. The van der Waals surface area contributed by atoms with Crippen LogP contribution in [0, 0.1) is 0 Å². The number of amides is 2. The van der Waals surface area contributed by atoms with Crippen LogP contribution in [0.3, 0.4) is 0 Å². The van der Waals surface area contributed by atoms with Gasteiger partial charge in [-0.3, -0.25) is 19.3 Å². The first kappa shape index (κ1) is 10.4. The molecular weight excluding hydrogens is 186 g/mol. The molecule has 1 rings (SSSR count). The summed E-state index contributed by atoms with van der Waals surface area (Å²) < 4.78 is 0. The van der Waals surface area contributed by atoms with E-state index >= 15 is 0 Å². The van der Waals surface area contributed by atoms with Crippen molar-refractivity contribution in [1.29, 1.82) is 0 Å². The Morgan fingerprint density at radius 2 is 1.79 bits per heavy atom. The summed E-state index contributed by atoms with van der Waals surface area (Å²) >= 11 is 0. The van der Waals surface area contributed by atoms with Crippen molar-refractivity contribution in [2.75, 3.05) is 0 Å². The summed E-state index contributed by atoms with van der Waals surface area (Å²) in [5.74, 6) is -1.95. The molecule has 0 spiro atoms. The molecule has 0 saturated heterocycles. The molecule has 5 nitrogen and oxygen atoms in total. The third kappa shape index (κ3) is 1.81. The Labute approximate surface area is 81.0 Å². The molecule has 0 unspecified atom stereocenters.